The zero-order chi connectivity index (χ0) is 21.5. The summed E-state index contributed by atoms with van der Waals surface area (Å²) in [4.78, 5) is 8.72. The number of hydrogen-bond acceptors (Lipinski definition) is 6. The van der Waals surface area contributed by atoms with Crippen LogP contribution in [0.5, 0.6) is 0 Å². The molecule has 1 aromatic carbocycles. The van der Waals surface area contributed by atoms with Crippen LogP contribution in [0.15, 0.2) is 33.9 Å². The fraction of sp³-hybridized carbons (Fsp3) is 0.286. The average Bonchev–Trinajstić information content (AvgIpc) is 3.39. The first kappa shape index (κ1) is 20.6. The summed E-state index contributed by atoms with van der Waals surface area (Å²) in [6.45, 7) is 6.00. The van der Waals surface area contributed by atoms with Gasteiger partial charge in [0.2, 0.25) is 0 Å². The van der Waals surface area contributed by atoms with E-state index in [9.17, 15) is 9.50 Å². The Morgan fingerprint density at radius 1 is 1.50 bits per heavy atom. The summed E-state index contributed by atoms with van der Waals surface area (Å²) in [5.41, 5.74) is 10.2. The predicted molar refractivity (Wildman–Crippen MR) is 120 cm³/mol. The van der Waals surface area contributed by atoms with Crippen LogP contribution in [0.2, 0.25) is 0 Å². The maximum atomic E-state index is 13.7. The minimum Gasteiger partial charge on any atom is -0.394 e. The number of aliphatic imine (C=N–C) groups is 1. The zero-order valence-electron chi connectivity index (χ0n) is 16.5. The highest BCUT2D eigenvalue weighted by Crippen LogP contribution is 2.36. The summed E-state index contributed by atoms with van der Waals surface area (Å²) in [5.74, 6) is 0.0859. The fourth-order valence-electron chi connectivity index (χ4n) is 3.35. The van der Waals surface area contributed by atoms with Crippen LogP contribution in [0.3, 0.4) is 0 Å². The van der Waals surface area contributed by atoms with Gasteiger partial charge in [-0.1, -0.05) is 0 Å². The molecule has 156 valence electrons. The van der Waals surface area contributed by atoms with Gasteiger partial charge >= 0.3 is 0 Å². The minimum atomic E-state index is -0.348. The minimum absolute atomic E-state index is 0.0927. The quantitative estimate of drug-likeness (QED) is 0.454. The molecule has 1 fully saturated rings. The third kappa shape index (κ3) is 3.76. The lowest BCUT2D eigenvalue weighted by atomic mass is 10.1. The summed E-state index contributed by atoms with van der Waals surface area (Å²) in [6.07, 6.45) is 5.38. The van der Waals surface area contributed by atoms with Gasteiger partial charge in [0.15, 0.2) is 5.65 Å². The predicted octanol–water partition coefficient (Wildman–Crippen LogP) is 3.72. The molecule has 2 heterocycles. The van der Waals surface area contributed by atoms with Crippen LogP contribution in [0.25, 0.3) is 17.3 Å². The van der Waals surface area contributed by atoms with Gasteiger partial charge in [0.1, 0.15) is 11.6 Å². The first-order chi connectivity index (χ1) is 14.4. The van der Waals surface area contributed by atoms with Crippen LogP contribution in [0, 0.1) is 5.82 Å². The van der Waals surface area contributed by atoms with E-state index in [4.69, 9.17) is 10.7 Å². The largest absolute Gasteiger partial charge is 0.394 e. The number of fused-ring (bicyclic) bond motifs is 1. The van der Waals surface area contributed by atoms with Gasteiger partial charge in [-0.05, 0) is 72.3 Å². The molecule has 4 N–H and O–H groups in total. The van der Waals surface area contributed by atoms with Crippen molar-refractivity contribution in [3.63, 3.8) is 0 Å². The Morgan fingerprint density at radius 2 is 2.27 bits per heavy atom. The monoisotopic (exact) mass is 472 g/mol. The van der Waals surface area contributed by atoms with E-state index in [1.165, 1.54) is 12.1 Å². The van der Waals surface area contributed by atoms with Crippen molar-refractivity contribution in [3.05, 3.63) is 51.5 Å². The molecule has 30 heavy (non-hydrogen) atoms. The zero-order valence-corrected chi connectivity index (χ0v) is 18.1. The molecule has 0 aliphatic heterocycles. The van der Waals surface area contributed by atoms with Crippen molar-refractivity contribution in [1.82, 2.24) is 19.9 Å². The molecule has 0 atom stereocenters. The van der Waals surface area contributed by atoms with Gasteiger partial charge < -0.3 is 16.2 Å². The van der Waals surface area contributed by atoms with Crippen LogP contribution in [0.4, 0.5) is 15.9 Å². The molecule has 9 heteroatoms. The number of aromatic nitrogens is 3. The number of allylic oxidation sites excluding steroid dienone is 1. The van der Waals surface area contributed by atoms with Crippen molar-refractivity contribution in [2.45, 2.75) is 31.8 Å². The molecule has 2 aromatic heterocycles. The molecule has 1 aliphatic carbocycles. The molecule has 1 aliphatic rings. The molecular formula is C21H22BrFN6O. The smallest absolute Gasteiger partial charge is 0.165 e. The number of nitrogen functional groups attached to an aromatic ring is 1. The summed E-state index contributed by atoms with van der Waals surface area (Å²) < 4.78 is 16.0. The van der Waals surface area contributed by atoms with Gasteiger partial charge in [0, 0.05) is 23.2 Å². The maximum Gasteiger partial charge on any atom is 0.165 e. The summed E-state index contributed by atoms with van der Waals surface area (Å²) in [7, 11) is 0. The highest BCUT2D eigenvalue weighted by atomic mass is 79.9. The number of halogens is 2. The summed E-state index contributed by atoms with van der Waals surface area (Å²) in [5, 5.41) is 17.3. The molecule has 7 nitrogen and oxygen atoms in total. The Kier molecular flexibility index (Phi) is 5.44. The molecule has 1 saturated carbocycles. The van der Waals surface area contributed by atoms with Crippen molar-refractivity contribution >= 4 is 51.4 Å². The number of hydrogen-bond donors (Lipinski definition) is 3. The topological polar surface area (TPSA) is 101 Å². The lowest BCUT2D eigenvalue weighted by Gasteiger charge is -2.15. The van der Waals surface area contributed by atoms with Crippen LogP contribution >= 0.6 is 15.9 Å². The highest BCUT2D eigenvalue weighted by molar-refractivity contribution is 9.10. The normalized spacial score (nSPS) is 15.5. The maximum absolute atomic E-state index is 13.7. The van der Waals surface area contributed by atoms with Crippen molar-refractivity contribution < 1.29 is 9.50 Å². The SMILES string of the molecule is C=Nc1ccc(F)cc1/C=C(\C)c1cnn2c(N)c(Br)c(CNC3(CO)CC3)nc12. The van der Waals surface area contributed by atoms with Crippen LogP contribution in [-0.2, 0) is 6.54 Å². The molecule has 0 spiro atoms. The van der Waals surface area contributed by atoms with E-state index in [1.54, 1.807) is 16.8 Å². The number of aliphatic hydroxyl groups is 1. The van der Waals surface area contributed by atoms with E-state index >= 15 is 0 Å². The Labute approximate surface area is 181 Å². The van der Waals surface area contributed by atoms with E-state index in [1.807, 2.05) is 13.0 Å². The molecule has 3 aromatic rings. The second-order valence-corrected chi connectivity index (χ2v) is 8.32. The van der Waals surface area contributed by atoms with Crippen LogP contribution < -0.4 is 11.1 Å². The van der Waals surface area contributed by atoms with Gasteiger partial charge in [-0.2, -0.15) is 9.61 Å². The Hall–Kier alpha value is -2.62. The number of benzene rings is 1. The number of nitrogens with one attached hydrogen (secondary N) is 1. The molecular weight excluding hydrogens is 451 g/mol. The van der Waals surface area contributed by atoms with Crippen molar-refractivity contribution in [1.29, 1.82) is 0 Å². The molecule has 0 radical (unpaired) electrons. The second-order valence-electron chi connectivity index (χ2n) is 7.53. The van der Waals surface area contributed by atoms with Gasteiger partial charge in [0.25, 0.3) is 0 Å². The highest BCUT2D eigenvalue weighted by Gasteiger charge is 2.41. The third-order valence-corrected chi connectivity index (χ3v) is 6.30. The van der Waals surface area contributed by atoms with Gasteiger partial charge in [-0.3, -0.25) is 4.99 Å². The van der Waals surface area contributed by atoms with Gasteiger partial charge in [-0.25, -0.2) is 9.37 Å². The van der Waals surface area contributed by atoms with Crippen LogP contribution in [0.1, 0.15) is 36.6 Å². The number of anilines is 1. The second kappa shape index (κ2) is 7.90. The first-order valence-corrected chi connectivity index (χ1v) is 10.3. The fourth-order valence-corrected chi connectivity index (χ4v) is 3.74. The molecule has 0 unspecified atom stereocenters. The number of nitrogens with zero attached hydrogens (tertiary/aromatic N) is 4. The Balaban J connectivity index is 1.74. The average molecular weight is 473 g/mol. The van der Waals surface area contributed by atoms with E-state index < -0.39 is 0 Å². The Morgan fingerprint density at radius 3 is 2.93 bits per heavy atom. The van der Waals surface area contributed by atoms with E-state index in [0.717, 1.165) is 29.7 Å². The third-order valence-electron chi connectivity index (χ3n) is 5.43. The summed E-state index contributed by atoms with van der Waals surface area (Å²) in [6, 6.07) is 4.35. The Bertz CT molecular complexity index is 1170. The lowest BCUT2D eigenvalue weighted by molar-refractivity contribution is 0.229. The van der Waals surface area contributed by atoms with Gasteiger partial charge in [0.05, 0.1) is 28.7 Å². The van der Waals surface area contributed by atoms with Crippen molar-refractivity contribution in [2.75, 3.05) is 12.3 Å². The molecule has 0 saturated heterocycles. The van der Waals surface area contributed by atoms with Crippen molar-refractivity contribution in [2.24, 2.45) is 4.99 Å². The number of aliphatic hydroxyl groups excluding tert-OH is 1. The number of nitrogens with two attached hydrogens (primary N) is 1. The van der Waals surface area contributed by atoms with Gasteiger partial charge in [-0.15, -0.1) is 0 Å². The molecule has 0 bridgehead atoms. The molecule has 4 rings (SSSR count). The standard InChI is InChI=1S/C21H22BrFN6O/c1-12(7-13-8-14(23)3-4-16(13)25-2)15-9-27-29-19(24)18(22)17(28-20(15)29)10-26-21(11-30)5-6-21/h3-4,7-9,26,30H,2,5-6,10-11,24H2,1H3/b12-7+. The lowest BCUT2D eigenvalue weighted by Crippen LogP contribution is -2.34. The van der Waals surface area contributed by atoms with E-state index in [0.29, 0.717) is 33.7 Å². The number of rotatable bonds is 7. The molecule has 0 amide bonds. The summed E-state index contributed by atoms with van der Waals surface area (Å²) >= 11 is 3.51. The van der Waals surface area contributed by atoms with Crippen LogP contribution in [-0.4, -0.2) is 38.6 Å². The first-order valence-electron chi connectivity index (χ1n) is 9.50. The van der Waals surface area contributed by atoms with E-state index in [-0.39, 0.29) is 18.0 Å². The van der Waals surface area contributed by atoms with E-state index in [2.05, 4.69) is 38.1 Å². The van der Waals surface area contributed by atoms with Crippen molar-refractivity contribution in [3.8, 4) is 0 Å².